The molecule has 0 radical (unpaired) electrons. The van der Waals surface area contributed by atoms with Crippen molar-refractivity contribution in [2.45, 2.75) is 58.2 Å². The molecule has 1 fully saturated rings. The van der Waals surface area contributed by atoms with Crippen molar-refractivity contribution >= 4 is 22.8 Å². The number of hydrogen-bond donors (Lipinski definition) is 1. The summed E-state index contributed by atoms with van der Waals surface area (Å²) in [5, 5.41) is 0. The van der Waals surface area contributed by atoms with E-state index < -0.39 is 22.8 Å². The van der Waals surface area contributed by atoms with Crippen molar-refractivity contribution in [1.82, 2.24) is 0 Å². The second kappa shape index (κ2) is 3.04. The molecule has 0 bridgehead atoms. The molecule has 1 rings (SSSR count). The highest BCUT2D eigenvalue weighted by Gasteiger charge is 2.63. The largest absolute Gasteiger partial charge is 0.434 e. The van der Waals surface area contributed by atoms with E-state index in [-0.39, 0.29) is 5.60 Å². The molecule has 2 nitrogen and oxygen atoms in total. The fourth-order valence-electron chi connectivity index (χ4n) is 2.88. The standard InChI is InChI=1S/C9H24O2Si3/c1-9(2)8-12(3,4)14(7,10)13(5,6)11-9/h10H,8H2,1-7H3. The van der Waals surface area contributed by atoms with Gasteiger partial charge in [-0.2, -0.15) is 0 Å². The van der Waals surface area contributed by atoms with Gasteiger partial charge in [0.2, 0.25) is 7.83 Å². The molecule has 0 aromatic carbocycles. The van der Waals surface area contributed by atoms with Gasteiger partial charge in [-0.05, 0) is 39.5 Å². The summed E-state index contributed by atoms with van der Waals surface area (Å²) in [5.74, 6) is 0. The van der Waals surface area contributed by atoms with E-state index in [1.807, 2.05) is 0 Å². The maximum absolute atomic E-state index is 10.8. The van der Waals surface area contributed by atoms with Crippen LogP contribution in [0.4, 0.5) is 0 Å². The van der Waals surface area contributed by atoms with Gasteiger partial charge in [-0.15, -0.1) is 0 Å². The lowest BCUT2D eigenvalue weighted by atomic mass is 10.2. The lowest BCUT2D eigenvalue weighted by Gasteiger charge is -2.55. The first-order chi connectivity index (χ1) is 5.91. The minimum absolute atomic E-state index is 0.000679. The van der Waals surface area contributed by atoms with Crippen LogP contribution >= 0.6 is 0 Å². The Morgan fingerprint density at radius 3 is 1.86 bits per heavy atom. The third-order valence-corrected chi connectivity index (χ3v) is 39.0. The summed E-state index contributed by atoms with van der Waals surface area (Å²) in [6.07, 6.45) is 0. The topological polar surface area (TPSA) is 29.5 Å². The van der Waals surface area contributed by atoms with Crippen LogP contribution in [0.3, 0.4) is 0 Å². The van der Waals surface area contributed by atoms with Crippen LogP contribution in [0.15, 0.2) is 0 Å². The monoisotopic (exact) mass is 248 g/mol. The minimum Gasteiger partial charge on any atom is -0.434 e. The molecule has 1 atom stereocenters. The summed E-state index contributed by atoms with van der Waals surface area (Å²) in [4.78, 5) is 10.8. The van der Waals surface area contributed by atoms with E-state index >= 15 is 0 Å². The van der Waals surface area contributed by atoms with Gasteiger partial charge < -0.3 is 9.22 Å². The van der Waals surface area contributed by atoms with Crippen molar-refractivity contribution in [2.24, 2.45) is 0 Å². The maximum atomic E-state index is 10.8. The molecule has 0 aromatic heterocycles. The molecule has 0 aromatic rings. The van der Waals surface area contributed by atoms with Crippen LogP contribution in [-0.4, -0.2) is 33.2 Å². The Hall–Kier alpha value is 0.571. The van der Waals surface area contributed by atoms with Crippen molar-refractivity contribution in [3.8, 4) is 0 Å². The van der Waals surface area contributed by atoms with Gasteiger partial charge in [-0.25, -0.2) is 0 Å². The molecule has 1 aliphatic heterocycles. The van der Waals surface area contributed by atoms with E-state index in [1.54, 1.807) is 0 Å². The zero-order chi connectivity index (χ0) is 11.4. The van der Waals surface area contributed by atoms with Gasteiger partial charge in [-0.1, -0.05) is 13.1 Å². The summed E-state index contributed by atoms with van der Waals surface area (Å²) in [6.45, 7) is 15.6. The van der Waals surface area contributed by atoms with Crippen LogP contribution < -0.4 is 0 Å². The van der Waals surface area contributed by atoms with E-state index in [9.17, 15) is 4.80 Å². The summed E-state index contributed by atoms with van der Waals surface area (Å²) in [7, 11) is -5.37. The lowest BCUT2D eigenvalue weighted by molar-refractivity contribution is 0.120. The van der Waals surface area contributed by atoms with Gasteiger partial charge in [0, 0.05) is 5.60 Å². The first-order valence-electron chi connectivity index (χ1n) is 5.34. The van der Waals surface area contributed by atoms with Crippen molar-refractivity contribution in [3.63, 3.8) is 0 Å². The van der Waals surface area contributed by atoms with E-state index in [0.29, 0.717) is 0 Å². The van der Waals surface area contributed by atoms with Gasteiger partial charge in [0.05, 0.1) is 7.59 Å². The molecule has 14 heavy (non-hydrogen) atoms. The SMILES string of the molecule is CC1(C)C[Si](C)(C)[Si](C)(O)[Si](C)(C)O1. The van der Waals surface area contributed by atoms with Crippen molar-refractivity contribution in [3.05, 3.63) is 0 Å². The quantitative estimate of drug-likeness (QED) is 0.667. The van der Waals surface area contributed by atoms with Gasteiger partial charge >= 0.3 is 0 Å². The van der Waals surface area contributed by atoms with Gasteiger partial charge in [0.15, 0.2) is 7.35 Å². The Kier molecular flexibility index (Phi) is 2.74. The molecular weight excluding hydrogens is 224 g/mol. The molecule has 1 saturated heterocycles. The number of rotatable bonds is 0. The second-order valence-electron chi connectivity index (χ2n) is 6.50. The Bertz CT molecular complexity index is 224. The van der Waals surface area contributed by atoms with Crippen LogP contribution in [0.5, 0.6) is 0 Å². The molecule has 0 amide bonds. The van der Waals surface area contributed by atoms with Crippen LogP contribution in [0.2, 0.25) is 38.8 Å². The number of hydrogen-bond acceptors (Lipinski definition) is 2. The average molecular weight is 249 g/mol. The molecule has 1 unspecified atom stereocenters. The Morgan fingerprint density at radius 1 is 1.07 bits per heavy atom. The van der Waals surface area contributed by atoms with Crippen LogP contribution in [0.1, 0.15) is 13.8 Å². The minimum atomic E-state index is -2.08. The fraction of sp³-hybridized carbons (Fsp3) is 1.00. The molecule has 1 heterocycles. The second-order valence-corrected chi connectivity index (χ2v) is 31.0. The first kappa shape index (κ1) is 12.6. The predicted molar refractivity (Wildman–Crippen MR) is 68.8 cm³/mol. The fourth-order valence-corrected chi connectivity index (χ4v) is 33.4. The molecular formula is C9H24O2Si3. The van der Waals surface area contributed by atoms with Crippen LogP contribution in [-0.2, 0) is 4.43 Å². The van der Waals surface area contributed by atoms with Crippen LogP contribution in [0, 0.1) is 0 Å². The Balaban J connectivity index is 3.13. The molecule has 5 heteroatoms. The van der Waals surface area contributed by atoms with Crippen molar-refractivity contribution < 1.29 is 9.22 Å². The molecule has 0 saturated carbocycles. The highest BCUT2D eigenvalue weighted by Crippen LogP contribution is 2.42. The smallest absolute Gasteiger partial charge is 0.202 e. The van der Waals surface area contributed by atoms with Gasteiger partial charge in [0.25, 0.3) is 0 Å². The van der Waals surface area contributed by atoms with Crippen molar-refractivity contribution in [2.75, 3.05) is 0 Å². The maximum Gasteiger partial charge on any atom is 0.202 e. The van der Waals surface area contributed by atoms with E-state index in [4.69, 9.17) is 4.43 Å². The van der Waals surface area contributed by atoms with E-state index in [1.165, 1.54) is 0 Å². The molecule has 0 aliphatic carbocycles. The zero-order valence-electron chi connectivity index (χ0n) is 10.6. The summed E-state index contributed by atoms with van der Waals surface area (Å²) < 4.78 is 6.20. The van der Waals surface area contributed by atoms with Crippen molar-refractivity contribution in [1.29, 1.82) is 0 Å². The molecule has 1 aliphatic rings. The van der Waals surface area contributed by atoms with Crippen LogP contribution in [0.25, 0.3) is 0 Å². The van der Waals surface area contributed by atoms with Gasteiger partial charge in [0.1, 0.15) is 0 Å². The van der Waals surface area contributed by atoms with E-state index in [2.05, 4.69) is 46.6 Å². The predicted octanol–water partition coefficient (Wildman–Crippen LogP) is 2.43. The highest BCUT2D eigenvalue weighted by atomic mass is 29.7. The molecule has 1 N–H and O–H groups in total. The highest BCUT2D eigenvalue weighted by molar-refractivity contribution is 7.65. The Labute approximate surface area is 90.5 Å². The Morgan fingerprint density at radius 2 is 1.50 bits per heavy atom. The third kappa shape index (κ3) is 1.80. The third-order valence-electron chi connectivity index (χ3n) is 3.89. The summed E-state index contributed by atoms with van der Waals surface area (Å²) in [5.41, 5.74) is 0.000679. The molecule has 84 valence electrons. The summed E-state index contributed by atoms with van der Waals surface area (Å²) in [6, 6.07) is 1.11. The zero-order valence-corrected chi connectivity index (χ0v) is 13.6. The lowest BCUT2D eigenvalue weighted by Crippen LogP contribution is -2.79. The van der Waals surface area contributed by atoms with Gasteiger partial charge in [-0.3, -0.25) is 0 Å². The normalized spacial score (nSPS) is 39.4. The summed E-state index contributed by atoms with van der Waals surface area (Å²) >= 11 is 0. The first-order valence-corrected chi connectivity index (χ1v) is 15.9. The molecule has 0 spiro atoms. The average Bonchev–Trinajstić information content (AvgIpc) is 1.77. The van der Waals surface area contributed by atoms with E-state index in [0.717, 1.165) is 6.04 Å².